The molecule has 4 aromatic rings. The van der Waals surface area contributed by atoms with Crippen molar-refractivity contribution in [3.63, 3.8) is 0 Å². The first-order valence-corrected chi connectivity index (χ1v) is 13.4. The number of carboxylic acid groups (broad SMARTS) is 1. The third-order valence-corrected chi connectivity index (χ3v) is 8.29. The lowest BCUT2D eigenvalue weighted by Crippen LogP contribution is -2.28. The fourth-order valence-electron chi connectivity index (χ4n) is 5.31. The molecule has 2 aromatic carbocycles. The van der Waals surface area contributed by atoms with E-state index in [1.54, 1.807) is 29.2 Å². The number of aromatic carboxylic acids is 1. The molecule has 0 unspecified atom stereocenters. The maximum absolute atomic E-state index is 13.5. The summed E-state index contributed by atoms with van der Waals surface area (Å²) in [5.74, 6) is 0.966. The maximum atomic E-state index is 13.5. The summed E-state index contributed by atoms with van der Waals surface area (Å²) >= 11 is 13.0. The molecule has 1 aliphatic heterocycles. The second kappa shape index (κ2) is 8.83. The summed E-state index contributed by atoms with van der Waals surface area (Å²) in [6.45, 7) is 0.202. The Hall–Kier alpha value is -3.88. The molecule has 0 saturated heterocycles. The van der Waals surface area contributed by atoms with E-state index >= 15 is 0 Å². The lowest BCUT2D eigenvalue weighted by atomic mass is 9.98. The average Bonchev–Trinajstić information content (AvgIpc) is 3.85. The number of aromatic nitrogens is 2. The first kappa shape index (κ1) is 24.2. The molecule has 0 bridgehead atoms. The summed E-state index contributed by atoms with van der Waals surface area (Å²) in [6, 6.07) is 13.9. The molecule has 0 atom stereocenters. The normalized spacial score (nSPS) is 17.0. The van der Waals surface area contributed by atoms with Gasteiger partial charge in [-0.3, -0.25) is 9.69 Å². The number of anilines is 2. The molecule has 2 saturated carbocycles. The van der Waals surface area contributed by atoms with Crippen molar-refractivity contribution in [1.29, 1.82) is 0 Å². The van der Waals surface area contributed by atoms with Crippen LogP contribution in [-0.4, -0.2) is 27.1 Å². The molecule has 0 radical (unpaired) electrons. The van der Waals surface area contributed by atoms with Crippen molar-refractivity contribution in [1.82, 2.24) is 10.1 Å². The molecule has 10 heteroatoms. The maximum Gasteiger partial charge on any atom is 0.337 e. The van der Waals surface area contributed by atoms with E-state index in [9.17, 15) is 14.7 Å². The van der Waals surface area contributed by atoms with E-state index in [-0.39, 0.29) is 18.1 Å². The van der Waals surface area contributed by atoms with Gasteiger partial charge in [0.1, 0.15) is 29.6 Å². The van der Waals surface area contributed by atoms with Gasteiger partial charge < -0.3 is 14.4 Å². The Labute approximate surface area is 233 Å². The Balaban J connectivity index is 1.21. The predicted molar refractivity (Wildman–Crippen MR) is 144 cm³/mol. The van der Waals surface area contributed by atoms with Crippen LogP contribution in [0.25, 0.3) is 11.3 Å². The summed E-state index contributed by atoms with van der Waals surface area (Å²) in [5, 5.41) is 14.5. The number of hydrogen-bond acceptors (Lipinski definition) is 6. The minimum atomic E-state index is -1.07. The van der Waals surface area contributed by atoms with Crippen molar-refractivity contribution < 1.29 is 24.0 Å². The van der Waals surface area contributed by atoms with Crippen molar-refractivity contribution in [2.45, 2.75) is 43.6 Å². The highest BCUT2D eigenvalue weighted by molar-refractivity contribution is 6.39. The Kier molecular flexibility index (Phi) is 5.47. The molecule has 1 spiro atoms. The second-order valence-electron chi connectivity index (χ2n) is 10.1. The Morgan fingerprint density at radius 2 is 1.90 bits per heavy atom. The Morgan fingerprint density at radius 1 is 1.13 bits per heavy atom. The van der Waals surface area contributed by atoms with Gasteiger partial charge in [0, 0.05) is 17.7 Å². The quantitative estimate of drug-likeness (QED) is 0.261. The van der Waals surface area contributed by atoms with Crippen molar-refractivity contribution in [3.05, 3.63) is 87.2 Å². The van der Waals surface area contributed by atoms with Crippen molar-refractivity contribution in [2.24, 2.45) is 0 Å². The first-order chi connectivity index (χ1) is 18.9. The summed E-state index contributed by atoms with van der Waals surface area (Å²) in [5.41, 5.74) is 3.08. The third kappa shape index (κ3) is 3.89. The van der Waals surface area contributed by atoms with Crippen molar-refractivity contribution >= 4 is 46.6 Å². The van der Waals surface area contributed by atoms with E-state index in [1.165, 1.54) is 12.3 Å². The van der Waals surface area contributed by atoms with Gasteiger partial charge in [-0.2, -0.15) is 0 Å². The van der Waals surface area contributed by atoms with Crippen LogP contribution in [0.15, 0.2) is 59.3 Å². The molecule has 196 valence electrons. The van der Waals surface area contributed by atoms with Crippen molar-refractivity contribution in [2.75, 3.05) is 4.90 Å². The van der Waals surface area contributed by atoms with Gasteiger partial charge in [-0.05, 0) is 73.7 Å². The van der Waals surface area contributed by atoms with Crippen LogP contribution in [0.4, 0.5) is 11.5 Å². The molecule has 39 heavy (non-hydrogen) atoms. The molecule has 1 N–H and O–H groups in total. The highest BCUT2D eigenvalue weighted by Gasteiger charge is 2.60. The number of amides is 1. The number of nitrogens with zero attached hydrogens (tertiary/aromatic N) is 3. The number of pyridine rings is 1. The minimum absolute atomic E-state index is 0.0593. The Morgan fingerprint density at radius 3 is 2.54 bits per heavy atom. The van der Waals surface area contributed by atoms with Gasteiger partial charge >= 0.3 is 5.97 Å². The molecule has 3 aliphatic rings. The zero-order chi connectivity index (χ0) is 26.9. The van der Waals surface area contributed by atoms with Crippen LogP contribution in [0.2, 0.25) is 10.0 Å². The number of halogens is 2. The largest absolute Gasteiger partial charge is 0.489 e. The van der Waals surface area contributed by atoms with E-state index < -0.39 is 11.4 Å². The third-order valence-electron chi connectivity index (χ3n) is 7.66. The van der Waals surface area contributed by atoms with Crippen LogP contribution in [0.5, 0.6) is 5.75 Å². The van der Waals surface area contributed by atoms with E-state index in [0.717, 1.165) is 48.3 Å². The van der Waals surface area contributed by atoms with E-state index in [4.69, 9.17) is 32.5 Å². The van der Waals surface area contributed by atoms with Gasteiger partial charge in [-0.1, -0.05) is 34.4 Å². The topological polar surface area (TPSA) is 106 Å². The average molecular weight is 562 g/mol. The van der Waals surface area contributed by atoms with Crippen LogP contribution in [0, 0.1) is 0 Å². The molecule has 7 rings (SSSR count). The number of rotatable bonds is 7. The molecule has 2 aliphatic carbocycles. The summed E-state index contributed by atoms with van der Waals surface area (Å²) in [6.07, 6.45) is 4.79. The lowest BCUT2D eigenvalue weighted by molar-refractivity contribution is -0.119. The van der Waals surface area contributed by atoms with Gasteiger partial charge in [0.25, 0.3) is 0 Å². The number of carboxylic acids is 1. The second-order valence-corrected chi connectivity index (χ2v) is 11.0. The van der Waals surface area contributed by atoms with Crippen LogP contribution in [-0.2, 0) is 16.8 Å². The van der Waals surface area contributed by atoms with Gasteiger partial charge in [-0.15, -0.1) is 0 Å². The van der Waals surface area contributed by atoms with Gasteiger partial charge in [0.05, 0.1) is 32.3 Å². The number of ether oxygens (including phenoxy) is 1. The lowest BCUT2D eigenvalue weighted by Gasteiger charge is -2.17. The monoisotopic (exact) mass is 561 g/mol. The van der Waals surface area contributed by atoms with Crippen LogP contribution < -0.4 is 9.64 Å². The van der Waals surface area contributed by atoms with Crippen LogP contribution in [0.1, 0.15) is 58.8 Å². The number of carbonyl (C=O) groups excluding carboxylic acids is 1. The number of hydrogen-bond donors (Lipinski definition) is 1. The number of benzene rings is 2. The molecule has 3 heterocycles. The summed E-state index contributed by atoms with van der Waals surface area (Å²) in [4.78, 5) is 30.6. The van der Waals surface area contributed by atoms with Gasteiger partial charge in [-0.25, -0.2) is 9.78 Å². The Bertz CT molecular complexity index is 1640. The SMILES string of the molecule is O=C(O)c1ccc(N2C(=O)C3(CC3)c3cc(OCc4c(-c5c(Cl)cccc5Cl)noc4C4CC4)ccc32)nc1. The zero-order valence-corrected chi connectivity index (χ0v) is 22.0. The summed E-state index contributed by atoms with van der Waals surface area (Å²) < 4.78 is 12.0. The smallest absolute Gasteiger partial charge is 0.337 e. The molecular formula is C29H21Cl2N3O5. The molecular weight excluding hydrogens is 541 g/mol. The number of carbonyl (C=O) groups is 2. The molecule has 2 aromatic heterocycles. The molecule has 2 fully saturated rings. The fraction of sp³-hybridized carbons (Fsp3) is 0.241. The number of fused-ring (bicyclic) bond motifs is 2. The van der Waals surface area contributed by atoms with Gasteiger partial charge in [0.15, 0.2) is 0 Å². The molecule has 1 amide bonds. The standard InChI is InChI=1S/C29H21Cl2N3O5/c30-20-2-1-3-21(31)24(20)25-18(26(39-33-25)15-4-5-15)14-38-17-7-8-22-19(12-17)29(10-11-29)28(37)34(22)23-9-6-16(13-32-23)27(35)36/h1-3,6-9,12-13,15H,4-5,10-11,14H2,(H,35,36). The highest BCUT2D eigenvalue weighted by Crippen LogP contribution is 2.59. The predicted octanol–water partition coefficient (Wildman–Crippen LogP) is 6.91. The first-order valence-electron chi connectivity index (χ1n) is 12.6. The van der Waals surface area contributed by atoms with E-state index in [1.807, 2.05) is 18.2 Å². The highest BCUT2D eigenvalue weighted by atomic mass is 35.5. The minimum Gasteiger partial charge on any atom is -0.489 e. The van der Waals surface area contributed by atoms with Crippen LogP contribution in [0.3, 0.4) is 0 Å². The molecule has 8 nitrogen and oxygen atoms in total. The zero-order valence-electron chi connectivity index (χ0n) is 20.5. The van der Waals surface area contributed by atoms with E-state index in [2.05, 4.69) is 10.1 Å². The van der Waals surface area contributed by atoms with E-state index in [0.29, 0.717) is 38.8 Å². The summed E-state index contributed by atoms with van der Waals surface area (Å²) in [7, 11) is 0. The van der Waals surface area contributed by atoms with Crippen molar-refractivity contribution in [3.8, 4) is 17.0 Å². The van der Waals surface area contributed by atoms with Gasteiger partial charge in [0.2, 0.25) is 5.91 Å². The fourth-order valence-corrected chi connectivity index (χ4v) is 5.88. The van der Waals surface area contributed by atoms with Crippen LogP contribution >= 0.6 is 23.2 Å².